The van der Waals surface area contributed by atoms with E-state index in [9.17, 15) is 4.79 Å². The molecule has 0 N–H and O–H groups in total. The number of benzene rings is 1. The Morgan fingerprint density at radius 2 is 2.10 bits per heavy atom. The van der Waals surface area contributed by atoms with E-state index >= 15 is 0 Å². The van der Waals surface area contributed by atoms with Gasteiger partial charge in [-0.3, -0.25) is 4.79 Å². The third kappa shape index (κ3) is 4.15. The molecule has 0 aliphatic carbocycles. The number of nitrogens with zero attached hydrogens (tertiary/aromatic N) is 3. The summed E-state index contributed by atoms with van der Waals surface area (Å²) in [7, 11) is 0. The Kier molecular flexibility index (Phi) is 5.85. The van der Waals surface area contributed by atoms with Crippen molar-refractivity contribution in [2.24, 2.45) is 0 Å². The second-order valence-electron chi connectivity index (χ2n) is 8.16. The number of rotatable bonds is 5. The van der Waals surface area contributed by atoms with Crippen LogP contribution in [0.5, 0.6) is 5.75 Å². The number of aromatic nitrogens is 2. The van der Waals surface area contributed by atoms with Gasteiger partial charge in [0.25, 0.3) is 5.91 Å². The van der Waals surface area contributed by atoms with Crippen LogP contribution in [0.25, 0.3) is 0 Å². The number of likely N-dealkylation sites (tertiary alicyclic amines) is 1. The molecule has 2 saturated heterocycles. The van der Waals surface area contributed by atoms with E-state index in [1.807, 2.05) is 36.1 Å². The van der Waals surface area contributed by atoms with Gasteiger partial charge in [0.1, 0.15) is 5.75 Å². The first-order valence-electron chi connectivity index (χ1n) is 10.5. The fraction of sp³-hybridized carbons (Fsp3) is 0.591. The Morgan fingerprint density at radius 1 is 1.31 bits per heavy atom. The van der Waals surface area contributed by atoms with Crippen molar-refractivity contribution in [3.8, 4) is 5.75 Å². The van der Waals surface area contributed by atoms with E-state index in [0.717, 1.165) is 45.4 Å². The highest BCUT2D eigenvalue weighted by Crippen LogP contribution is 2.35. The van der Waals surface area contributed by atoms with Crippen LogP contribution < -0.4 is 4.74 Å². The fourth-order valence-corrected chi connectivity index (χ4v) is 4.28. The topological polar surface area (TPSA) is 77.7 Å². The molecule has 2 fully saturated rings. The number of hydrogen-bond acceptors (Lipinski definition) is 6. The molecule has 2 aliphatic heterocycles. The first-order chi connectivity index (χ1) is 14.1. The molecule has 0 saturated carbocycles. The normalized spacial score (nSPS) is 23.2. The van der Waals surface area contributed by atoms with Gasteiger partial charge in [-0.05, 0) is 44.7 Å². The smallest absolute Gasteiger partial charge is 0.257 e. The van der Waals surface area contributed by atoms with Gasteiger partial charge in [0.05, 0.1) is 12.2 Å². The zero-order valence-corrected chi connectivity index (χ0v) is 17.2. The molecule has 2 aliphatic rings. The summed E-state index contributed by atoms with van der Waals surface area (Å²) in [6.07, 6.45) is 3.66. The molecule has 1 atom stereocenters. The Morgan fingerprint density at radius 3 is 2.90 bits per heavy atom. The molecule has 1 aromatic heterocycles. The molecular formula is C22H29N3O4. The molecule has 2 aromatic rings. The molecule has 7 heteroatoms. The molecule has 29 heavy (non-hydrogen) atoms. The summed E-state index contributed by atoms with van der Waals surface area (Å²) in [6, 6.07) is 7.44. The van der Waals surface area contributed by atoms with Crippen molar-refractivity contribution in [1.29, 1.82) is 0 Å². The minimum absolute atomic E-state index is 0.00637. The number of carbonyl (C=O) groups is 1. The molecule has 156 valence electrons. The van der Waals surface area contributed by atoms with Crippen LogP contribution in [0.4, 0.5) is 0 Å². The minimum Gasteiger partial charge on any atom is -0.493 e. The standard InChI is InChI=1S/C22H29N3O4/c1-3-28-18-8-5-4-7-17(18)20(26)25-12-6-11-22(2,15-25)21-23-19(29-24-21)16-9-13-27-14-10-16/h4-5,7-8,16H,3,6,9-15H2,1-2H3. The van der Waals surface area contributed by atoms with Crippen LogP contribution in [0, 0.1) is 0 Å². The van der Waals surface area contributed by atoms with E-state index in [1.165, 1.54) is 0 Å². The zero-order chi connectivity index (χ0) is 20.3. The summed E-state index contributed by atoms with van der Waals surface area (Å²) in [5, 5.41) is 4.31. The predicted octanol–water partition coefficient (Wildman–Crippen LogP) is 3.56. The number of ether oxygens (including phenoxy) is 2. The Hall–Kier alpha value is -2.41. The van der Waals surface area contributed by atoms with Gasteiger partial charge in [0.2, 0.25) is 5.89 Å². The van der Waals surface area contributed by atoms with Gasteiger partial charge in [0.15, 0.2) is 5.82 Å². The van der Waals surface area contributed by atoms with Crippen molar-refractivity contribution in [1.82, 2.24) is 15.0 Å². The van der Waals surface area contributed by atoms with Crippen molar-refractivity contribution >= 4 is 5.91 Å². The summed E-state index contributed by atoms with van der Waals surface area (Å²) in [5.41, 5.74) is 0.288. The molecule has 7 nitrogen and oxygen atoms in total. The average molecular weight is 399 g/mol. The molecule has 1 aromatic carbocycles. The SMILES string of the molecule is CCOc1ccccc1C(=O)N1CCCC(C)(c2noc(C3CCOCC3)n2)C1. The number of piperidine rings is 1. The zero-order valence-electron chi connectivity index (χ0n) is 17.2. The fourth-order valence-electron chi connectivity index (χ4n) is 4.28. The lowest BCUT2D eigenvalue weighted by molar-refractivity contribution is 0.0638. The van der Waals surface area contributed by atoms with Crippen molar-refractivity contribution < 1.29 is 18.8 Å². The van der Waals surface area contributed by atoms with E-state index in [1.54, 1.807) is 0 Å². The molecule has 3 heterocycles. The van der Waals surface area contributed by atoms with Gasteiger partial charge in [-0.25, -0.2) is 0 Å². The van der Waals surface area contributed by atoms with Crippen LogP contribution >= 0.6 is 0 Å². The predicted molar refractivity (Wildman–Crippen MR) is 107 cm³/mol. The number of para-hydroxylation sites is 1. The van der Waals surface area contributed by atoms with Gasteiger partial charge in [-0.1, -0.05) is 24.2 Å². The maximum absolute atomic E-state index is 13.2. The molecule has 4 rings (SSSR count). The summed E-state index contributed by atoms with van der Waals surface area (Å²) in [6.45, 7) is 7.34. The van der Waals surface area contributed by atoms with Crippen LogP contribution in [0.1, 0.15) is 67.5 Å². The lowest BCUT2D eigenvalue weighted by Crippen LogP contribution is -2.47. The molecular weight excluding hydrogens is 370 g/mol. The second kappa shape index (κ2) is 8.53. The minimum atomic E-state index is -0.318. The van der Waals surface area contributed by atoms with E-state index < -0.39 is 0 Å². The van der Waals surface area contributed by atoms with Crippen LogP contribution in [0.2, 0.25) is 0 Å². The van der Waals surface area contributed by atoms with Gasteiger partial charge >= 0.3 is 0 Å². The number of amides is 1. The van der Waals surface area contributed by atoms with Crippen molar-refractivity contribution in [2.75, 3.05) is 32.9 Å². The number of carbonyl (C=O) groups excluding carboxylic acids is 1. The molecule has 0 radical (unpaired) electrons. The summed E-state index contributed by atoms with van der Waals surface area (Å²) in [4.78, 5) is 19.9. The molecule has 1 amide bonds. The van der Waals surface area contributed by atoms with Gasteiger partial charge < -0.3 is 18.9 Å². The summed E-state index contributed by atoms with van der Waals surface area (Å²) >= 11 is 0. The Bertz CT molecular complexity index is 846. The highest BCUT2D eigenvalue weighted by atomic mass is 16.5. The largest absolute Gasteiger partial charge is 0.493 e. The monoisotopic (exact) mass is 399 g/mol. The summed E-state index contributed by atoms with van der Waals surface area (Å²) < 4.78 is 16.7. The maximum Gasteiger partial charge on any atom is 0.257 e. The lowest BCUT2D eigenvalue weighted by atomic mass is 9.81. The maximum atomic E-state index is 13.2. The first kappa shape index (κ1) is 19.9. The third-order valence-corrected chi connectivity index (χ3v) is 5.95. The van der Waals surface area contributed by atoms with Crippen molar-refractivity contribution in [3.63, 3.8) is 0 Å². The van der Waals surface area contributed by atoms with Crippen LogP contribution in [0.15, 0.2) is 28.8 Å². The van der Waals surface area contributed by atoms with Crippen LogP contribution in [-0.2, 0) is 10.2 Å². The summed E-state index contributed by atoms with van der Waals surface area (Å²) in [5.74, 6) is 2.30. The van der Waals surface area contributed by atoms with E-state index in [0.29, 0.717) is 36.2 Å². The van der Waals surface area contributed by atoms with E-state index in [-0.39, 0.29) is 17.2 Å². The number of hydrogen-bond donors (Lipinski definition) is 0. The van der Waals surface area contributed by atoms with Gasteiger partial charge in [0, 0.05) is 37.6 Å². The van der Waals surface area contributed by atoms with Gasteiger partial charge in [-0.15, -0.1) is 0 Å². The third-order valence-electron chi connectivity index (χ3n) is 5.95. The van der Waals surface area contributed by atoms with Crippen molar-refractivity contribution in [3.05, 3.63) is 41.5 Å². The van der Waals surface area contributed by atoms with E-state index in [4.69, 9.17) is 19.0 Å². The molecule has 0 spiro atoms. The highest BCUT2D eigenvalue weighted by Gasteiger charge is 2.39. The Labute approximate surface area is 171 Å². The lowest BCUT2D eigenvalue weighted by Gasteiger charge is -2.38. The molecule has 0 bridgehead atoms. The molecule has 1 unspecified atom stereocenters. The average Bonchev–Trinajstić information content (AvgIpc) is 3.26. The highest BCUT2D eigenvalue weighted by molar-refractivity contribution is 5.97. The Balaban J connectivity index is 1.52. The van der Waals surface area contributed by atoms with E-state index in [2.05, 4.69) is 12.1 Å². The second-order valence-corrected chi connectivity index (χ2v) is 8.16. The quantitative estimate of drug-likeness (QED) is 0.765. The first-order valence-corrected chi connectivity index (χ1v) is 10.5. The van der Waals surface area contributed by atoms with Crippen LogP contribution in [0.3, 0.4) is 0 Å². The van der Waals surface area contributed by atoms with Crippen molar-refractivity contribution in [2.45, 2.75) is 50.9 Å². The van der Waals surface area contributed by atoms with Crippen LogP contribution in [-0.4, -0.2) is 53.9 Å². The van der Waals surface area contributed by atoms with Gasteiger partial charge in [-0.2, -0.15) is 4.98 Å².